The van der Waals surface area contributed by atoms with Crippen molar-refractivity contribution in [2.45, 2.75) is 0 Å². The third kappa shape index (κ3) is 92.1. The molecule has 0 bridgehead atoms. The maximum Gasteiger partial charge on any atom is 2.00 e. The van der Waals surface area contributed by atoms with Gasteiger partial charge in [-0.25, -0.2) is 0 Å². The van der Waals surface area contributed by atoms with Crippen molar-refractivity contribution in [3.05, 3.63) is 0 Å². The number of carbonyl (C=O) groups is 4. The normalized spacial score (nSPS) is 7.00. The Bertz CT molecular complexity index is 301. The molecule has 0 aliphatic rings. The molecule has 0 aliphatic carbocycles. The minimum absolute atomic E-state index is 0. The van der Waals surface area contributed by atoms with Crippen molar-refractivity contribution in [3.63, 3.8) is 0 Å². The van der Waals surface area contributed by atoms with E-state index in [0.29, 0.717) is 0 Å². The summed E-state index contributed by atoms with van der Waals surface area (Å²) in [5.41, 5.74) is 0. The van der Waals surface area contributed by atoms with Gasteiger partial charge in [-0.1, -0.05) is 0 Å². The first-order valence-corrected chi connectivity index (χ1v) is 4.32. The van der Waals surface area contributed by atoms with E-state index in [2.05, 4.69) is 0 Å². The molecule has 13 nitrogen and oxygen atoms in total. The molecule has 0 aromatic rings. The van der Waals surface area contributed by atoms with Crippen molar-refractivity contribution in [2.75, 3.05) is 0 Å². The zero-order chi connectivity index (χ0) is 14.8. The van der Waals surface area contributed by atoms with Crippen LogP contribution in [0.2, 0.25) is 0 Å². The van der Waals surface area contributed by atoms with E-state index in [1.54, 1.807) is 0 Å². The van der Waals surface area contributed by atoms with Gasteiger partial charge in [0.2, 0.25) is 0 Å². The van der Waals surface area contributed by atoms with Crippen molar-refractivity contribution < 1.29 is 58.8 Å². The van der Waals surface area contributed by atoms with Crippen molar-refractivity contribution in [1.82, 2.24) is 6.15 Å². The summed E-state index contributed by atoms with van der Waals surface area (Å²) in [6.07, 6.45) is 0. The number of phosphoric acid groups is 1. The van der Waals surface area contributed by atoms with Crippen LogP contribution in [0.25, 0.3) is 0 Å². The summed E-state index contributed by atoms with van der Waals surface area (Å²) in [6, 6.07) is 0. The summed E-state index contributed by atoms with van der Waals surface area (Å²) >= 11 is 0. The monoisotopic (exact) mass is 393 g/mol. The number of rotatable bonds is 0. The molecular weight excluding hydrogens is 389 g/mol. The zero-order valence-electron chi connectivity index (χ0n) is 10.5. The maximum atomic E-state index is 8.93. The van der Waals surface area contributed by atoms with Crippen LogP contribution in [0.5, 0.6) is 0 Å². The topological polar surface area (TPSA) is 283 Å². The molecule has 0 spiro atoms. The third-order valence-corrected chi connectivity index (χ3v) is 0.333. The summed E-state index contributed by atoms with van der Waals surface area (Å²) in [7, 11) is -5.39. The number of carbonyl (C=O) groups excluding carboxylic acids is 4. The van der Waals surface area contributed by atoms with E-state index in [4.69, 9.17) is 58.8 Å². The quantitative estimate of drug-likeness (QED) is 0.228. The first-order valence-electron chi connectivity index (χ1n) is 2.86. The van der Waals surface area contributed by atoms with Gasteiger partial charge in [-0.05, 0) is 0 Å². The van der Waals surface area contributed by atoms with Crippen LogP contribution in [-0.4, -0.2) is 122 Å². The Kier molecular flexibility index (Phi) is 48.3. The standard InChI is InChI=1S/2C2H2O4.2Ca.Mg.H3N.H3O4P/c2*3-1(4)2(5)6;;;;;1-5(2,3)4/h2*(H,3,4)(H,5,6);;;;1H3;(H3,1,2,3,4)/q;;3*+2;;/p-6. The molecule has 0 fully saturated rings. The van der Waals surface area contributed by atoms with E-state index in [1.807, 2.05) is 0 Å². The van der Waals surface area contributed by atoms with E-state index in [1.165, 1.54) is 0 Å². The van der Waals surface area contributed by atoms with Crippen LogP contribution in [0.3, 0.4) is 0 Å². The number of quaternary nitrogens is 1. The average Bonchev–Trinajstić information content (AvgIpc) is 2.01. The molecule has 0 unspecified atom stereocenters. The second-order valence-electron chi connectivity index (χ2n) is 1.60. The van der Waals surface area contributed by atoms with Gasteiger partial charge in [-0.2, -0.15) is 7.82 Å². The molecule has 0 aromatic heterocycles. The van der Waals surface area contributed by atoms with E-state index < -0.39 is 31.7 Å². The SMILES string of the molecule is O=C([O-])C(=O)[O-].O=C([O-])C(=O)[O-].O=P([O-])([O-])[O-].[Ca+2].[Ca+2].[Mg+2].[NH4+]. The fourth-order valence-electron chi connectivity index (χ4n) is 0. The molecular formula is C4H4Ca2MgNO12P. The second-order valence-corrected chi connectivity index (χ2v) is 2.49. The van der Waals surface area contributed by atoms with Gasteiger partial charge >= 0.3 is 98.5 Å². The maximum absolute atomic E-state index is 8.93. The Hall–Kier alpha value is 1.24. The molecule has 0 atom stereocenters. The van der Waals surface area contributed by atoms with Crippen LogP contribution in [0.4, 0.5) is 0 Å². The van der Waals surface area contributed by atoms with Gasteiger partial charge in [-0.3, -0.25) is 0 Å². The van der Waals surface area contributed by atoms with E-state index in [-0.39, 0.29) is 105 Å². The summed E-state index contributed by atoms with van der Waals surface area (Å²) < 4.78 is 8.55. The van der Waals surface area contributed by atoms with E-state index in [9.17, 15) is 0 Å². The van der Waals surface area contributed by atoms with Crippen molar-refractivity contribution in [1.29, 1.82) is 0 Å². The van der Waals surface area contributed by atoms with Gasteiger partial charge in [0.15, 0.2) is 0 Å². The Morgan fingerprint density at radius 2 is 0.667 bits per heavy atom. The Balaban J connectivity index is -0.0000000257. The molecule has 17 heteroatoms. The molecule has 4 N–H and O–H groups in total. The predicted molar refractivity (Wildman–Crippen MR) is 50.9 cm³/mol. The van der Waals surface area contributed by atoms with Crippen molar-refractivity contribution >= 4 is 130 Å². The smallest absolute Gasteiger partial charge is 0.822 e. The Morgan fingerprint density at radius 3 is 0.667 bits per heavy atom. The van der Waals surface area contributed by atoms with Gasteiger partial charge in [0.05, 0.1) is 23.9 Å². The summed E-state index contributed by atoms with van der Waals surface area (Å²) in [5, 5.41) is 35.7. The molecule has 0 heterocycles. The summed E-state index contributed by atoms with van der Waals surface area (Å²) in [6.45, 7) is 0. The molecule has 108 valence electrons. The van der Waals surface area contributed by atoms with Gasteiger partial charge in [-0.15, -0.1) is 0 Å². The van der Waals surface area contributed by atoms with Crippen LogP contribution < -0.4 is 41.3 Å². The zero-order valence-corrected chi connectivity index (χ0v) is 17.2. The minimum atomic E-state index is -5.39. The Morgan fingerprint density at radius 1 is 0.619 bits per heavy atom. The fourth-order valence-corrected chi connectivity index (χ4v) is 0. The van der Waals surface area contributed by atoms with E-state index >= 15 is 0 Å². The van der Waals surface area contributed by atoms with Gasteiger partial charge in [0.1, 0.15) is 0 Å². The largest absolute Gasteiger partial charge is 2.00 e. The molecule has 0 radical (unpaired) electrons. The molecule has 21 heavy (non-hydrogen) atoms. The predicted octanol–water partition coefficient (Wildman–Crippen LogP) is -10.6. The third-order valence-electron chi connectivity index (χ3n) is 0.333. The molecule has 0 amide bonds. The average molecular weight is 394 g/mol. The second kappa shape index (κ2) is 23.5. The number of carboxylic acid groups (broad SMARTS) is 4. The van der Waals surface area contributed by atoms with Crippen LogP contribution >= 0.6 is 7.82 Å². The molecule has 0 aromatic carbocycles. The van der Waals surface area contributed by atoms with Gasteiger partial charge in [0, 0.05) is 0 Å². The van der Waals surface area contributed by atoms with E-state index in [0.717, 1.165) is 0 Å². The number of hydrogen-bond donors (Lipinski definition) is 1. The van der Waals surface area contributed by atoms with Crippen LogP contribution in [-0.2, 0) is 23.7 Å². The summed E-state index contributed by atoms with van der Waals surface area (Å²) in [5.74, 6) is -8.74. The Labute approximate surface area is 192 Å². The molecule has 0 saturated carbocycles. The number of carboxylic acids is 4. The summed E-state index contributed by atoms with van der Waals surface area (Å²) in [4.78, 5) is 61.3. The van der Waals surface area contributed by atoms with Gasteiger partial charge in [0.25, 0.3) is 0 Å². The van der Waals surface area contributed by atoms with Crippen LogP contribution in [0.15, 0.2) is 0 Å². The fraction of sp³-hybridized carbons (Fsp3) is 0. The number of aliphatic carboxylic acids is 4. The molecule has 0 rings (SSSR count). The first kappa shape index (κ1) is 43.2. The first-order chi connectivity index (χ1) is 7.29. The minimum Gasteiger partial charge on any atom is -0.822 e. The molecule has 0 aliphatic heterocycles. The van der Waals surface area contributed by atoms with Gasteiger partial charge < -0.3 is 65.0 Å². The van der Waals surface area contributed by atoms with Crippen molar-refractivity contribution in [2.24, 2.45) is 0 Å². The molecule has 0 saturated heterocycles. The number of hydrogen-bond acceptors (Lipinski definition) is 12. The van der Waals surface area contributed by atoms with Crippen LogP contribution in [0.1, 0.15) is 0 Å². The van der Waals surface area contributed by atoms with Crippen LogP contribution in [0, 0.1) is 0 Å². The van der Waals surface area contributed by atoms with Crippen molar-refractivity contribution in [3.8, 4) is 0 Å².